The van der Waals surface area contributed by atoms with Gasteiger partial charge in [-0.3, -0.25) is 0 Å². The van der Waals surface area contributed by atoms with Gasteiger partial charge >= 0.3 is 0 Å². The minimum Gasteiger partial charge on any atom is -0.212 e. The van der Waals surface area contributed by atoms with E-state index in [0.29, 0.717) is 6.54 Å². The van der Waals surface area contributed by atoms with Gasteiger partial charge in [-0.2, -0.15) is 11.3 Å². The molecule has 0 aliphatic heterocycles. The van der Waals surface area contributed by atoms with Crippen LogP contribution in [0.15, 0.2) is 41.1 Å². The molecule has 0 saturated heterocycles. The van der Waals surface area contributed by atoms with Gasteiger partial charge in [0.2, 0.25) is 10.0 Å². The Morgan fingerprint density at radius 2 is 2.00 bits per heavy atom. The summed E-state index contributed by atoms with van der Waals surface area (Å²) in [5.41, 5.74) is 2.84. The van der Waals surface area contributed by atoms with Crippen LogP contribution in [0.4, 0.5) is 0 Å². The van der Waals surface area contributed by atoms with Crippen molar-refractivity contribution in [2.45, 2.75) is 19.2 Å². The fourth-order valence-corrected chi connectivity index (χ4v) is 3.50. The Bertz CT molecular complexity index is 604. The zero-order valence-corrected chi connectivity index (χ0v) is 11.7. The molecule has 0 spiro atoms. The summed E-state index contributed by atoms with van der Waals surface area (Å²) in [7, 11) is -3.28. The molecule has 1 heterocycles. The molecule has 0 bridgehead atoms. The monoisotopic (exact) mass is 281 g/mol. The van der Waals surface area contributed by atoms with Crippen molar-refractivity contribution in [3.05, 3.63) is 57.8 Å². The van der Waals surface area contributed by atoms with E-state index in [1.807, 2.05) is 48.0 Å². The third-order valence-electron chi connectivity index (χ3n) is 2.68. The van der Waals surface area contributed by atoms with Gasteiger partial charge < -0.3 is 0 Å². The first-order valence-corrected chi connectivity index (χ1v) is 8.19. The fourth-order valence-electron chi connectivity index (χ4n) is 1.61. The molecule has 1 aromatic carbocycles. The van der Waals surface area contributed by atoms with Gasteiger partial charge in [0, 0.05) is 6.54 Å². The van der Waals surface area contributed by atoms with E-state index >= 15 is 0 Å². The van der Waals surface area contributed by atoms with Gasteiger partial charge in [0.25, 0.3) is 0 Å². The SMILES string of the molecule is Cc1ccccc1CS(=O)(=O)NCc1ccsc1. The molecular formula is C13H15NO2S2. The first-order chi connectivity index (χ1) is 8.57. The van der Waals surface area contributed by atoms with E-state index in [0.717, 1.165) is 16.7 Å². The Morgan fingerprint density at radius 1 is 1.22 bits per heavy atom. The second-order valence-corrected chi connectivity index (χ2v) is 6.73. The van der Waals surface area contributed by atoms with Gasteiger partial charge in [-0.1, -0.05) is 24.3 Å². The number of aryl methyl sites for hydroxylation is 1. The molecule has 0 aliphatic carbocycles. The van der Waals surface area contributed by atoms with E-state index < -0.39 is 10.0 Å². The molecule has 0 fully saturated rings. The Morgan fingerprint density at radius 3 is 2.67 bits per heavy atom. The van der Waals surface area contributed by atoms with E-state index in [-0.39, 0.29) is 5.75 Å². The first kappa shape index (κ1) is 13.3. The molecule has 3 nitrogen and oxygen atoms in total. The first-order valence-electron chi connectivity index (χ1n) is 5.60. The molecule has 2 aromatic rings. The van der Waals surface area contributed by atoms with Gasteiger partial charge in [-0.25, -0.2) is 13.1 Å². The molecule has 0 unspecified atom stereocenters. The molecule has 0 amide bonds. The number of hydrogen-bond donors (Lipinski definition) is 1. The normalized spacial score (nSPS) is 11.6. The predicted molar refractivity (Wildman–Crippen MR) is 75.0 cm³/mol. The molecule has 0 atom stereocenters. The maximum atomic E-state index is 11.9. The van der Waals surface area contributed by atoms with E-state index in [4.69, 9.17) is 0 Å². The number of thiophene rings is 1. The van der Waals surface area contributed by atoms with Gasteiger partial charge in [0.05, 0.1) is 5.75 Å². The third kappa shape index (κ3) is 3.66. The number of hydrogen-bond acceptors (Lipinski definition) is 3. The van der Waals surface area contributed by atoms with Crippen molar-refractivity contribution < 1.29 is 8.42 Å². The highest BCUT2D eigenvalue weighted by atomic mass is 32.2. The lowest BCUT2D eigenvalue weighted by Gasteiger charge is -2.08. The van der Waals surface area contributed by atoms with Crippen LogP contribution in [-0.2, 0) is 22.3 Å². The van der Waals surface area contributed by atoms with Gasteiger partial charge in [-0.15, -0.1) is 0 Å². The largest absolute Gasteiger partial charge is 0.216 e. The quantitative estimate of drug-likeness (QED) is 0.916. The minimum absolute atomic E-state index is 0.0316. The Labute approximate surface area is 112 Å². The molecule has 1 N–H and O–H groups in total. The molecule has 0 radical (unpaired) electrons. The Hall–Kier alpha value is -1.17. The lowest BCUT2D eigenvalue weighted by atomic mass is 10.1. The Kier molecular flexibility index (Phi) is 4.16. The van der Waals surface area contributed by atoms with Gasteiger partial charge in [-0.05, 0) is 40.4 Å². The highest BCUT2D eigenvalue weighted by Gasteiger charge is 2.12. The fraction of sp³-hybridized carbons (Fsp3) is 0.231. The standard InChI is InChI=1S/C13H15NO2S2/c1-11-4-2-3-5-13(11)10-18(15,16)14-8-12-6-7-17-9-12/h2-7,9,14H,8,10H2,1H3. The van der Waals surface area contributed by atoms with Crippen molar-refractivity contribution in [2.75, 3.05) is 0 Å². The van der Waals surface area contributed by atoms with Crippen LogP contribution in [0.2, 0.25) is 0 Å². The smallest absolute Gasteiger partial charge is 0.212 e. The zero-order valence-electron chi connectivity index (χ0n) is 10.1. The summed E-state index contributed by atoms with van der Waals surface area (Å²) >= 11 is 1.56. The van der Waals surface area contributed by atoms with Crippen molar-refractivity contribution in [3.8, 4) is 0 Å². The van der Waals surface area contributed by atoms with E-state index in [1.54, 1.807) is 11.3 Å². The summed E-state index contributed by atoms with van der Waals surface area (Å²) in [6.45, 7) is 2.28. The Balaban J connectivity index is 2.02. The molecule has 0 aliphatic rings. The van der Waals surface area contributed by atoms with E-state index in [2.05, 4.69) is 4.72 Å². The molecule has 1 aromatic heterocycles. The molecule has 18 heavy (non-hydrogen) atoms. The molecule has 5 heteroatoms. The number of rotatable bonds is 5. The lowest BCUT2D eigenvalue weighted by Crippen LogP contribution is -2.24. The maximum absolute atomic E-state index is 11.9. The van der Waals surface area contributed by atoms with Crippen molar-refractivity contribution in [2.24, 2.45) is 0 Å². The molecule has 0 saturated carbocycles. The highest BCUT2D eigenvalue weighted by molar-refractivity contribution is 7.88. The van der Waals surface area contributed by atoms with Crippen molar-refractivity contribution in [3.63, 3.8) is 0 Å². The summed E-state index contributed by atoms with van der Waals surface area (Å²) in [5, 5.41) is 3.88. The number of benzene rings is 1. The zero-order chi connectivity index (χ0) is 13.0. The van der Waals surface area contributed by atoms with Gasteiger partial charge in [0.15, 0.2) is 0 Å². The van der Waals surface area contributed by atoms with Crippen LogP contribution in [-0.4, -0.2) is 8.42 Å². The number of nitrogens with one attached hydrogen (secondary N) is 1. The van der Waals surface area contributed by atoms with Crippen LogP contribution in [0.3, 0.4) is 0 Å². The highest BCUT2D eigenvalue weighted by Crippen LogP contribution is 2.11. The van der Waals surface area contributed by atoms with Crippen LogP contribution in [0, 0.1) is 6.92 Å². The number of sulfonamides is 1. The summed E-state index contributed by atoms with van der Waals surface area (Å²) < 4.78 is 26.5. The van der Waals surface area contributed by atoms with Crippen LogP contribution in [0.1, 0.15) is 16.7 Å². The predicted octanol–water partition coefficient (Wildman–Crippen LogP) is 2.68. The van der Waals surface area contributed by atoms with Crippen LogP contribution < -0.4 is 4.72 Å². The molecule has 2 rings (SSSR count). The summed E-state index contributed by atoms with van der Waals surface area (Å²) in [6, 6.07) is 9.45. The molecule has 96 valence electrons. The minimum atomic E-state index is -3.28. The molecular weight excluding hydrogens is 266 g/mol. The third-order valence-corrected chi connectivity index (χ3v) is 4.69. The maximum Gasteiger partial charge on any atom is 0.216 e. The second kappa shape index (κ2) is 5.65. The van der Waals surface area contributed by atoms with Crippen LogP contribution in [0.25, 0.3) is 0 Å². The summed E-state index contributed by atoms with van der Waals surface area (Å²) in [6.07, 6.45) is 0. The second-order valence-electron chi connectivity index (χ2n) is 4.14. The van der Waals surface area contributed by atoms with E-state index in [1.165, 1.54) is 0 Å². The average molecular weight is 281 g/mol. The summed E-state index contributed by atoms with van der Waals surface area (Å²) in [5.74, 6) is 0.0316. The summed E-state index contributed by atoms with van der Waals surface area (Å²) in [4.78, 5) is 0. The van der Waals surface area contributed by atoms with Crippen LogP contribution >= 0.6 is 11.3 Å². The average Bonchev–Trinajstić information content (AvgIpc) is 2.83. The van der Waals surface area contributed by atoms with Crippen LogP contribution in [0.5, 0.6) is 0 Å². The van der Waals surface area contributed by atoms with Crippen molar-refractivity contribution in [1.82, 2.24) is 4.72 Å². The van der Waals surface area contributed by atoms with Crippen molar-refractivity contribution in [1.29, 1.82) is 0 Å². The van der Waals surface area contributed by atoms with Crippen molar-refractivity contribution >= 4 is 21.4 Å². The lowest BCUT2D eigenvalue weighted by molar-refractivity contribution is 0.580. The van der Waals surface area contributed by atoms with E-state index in [9.17, 15) is 8.42 Å². The topological polar surface area (TPSA) is 46.2 Å². The van der Waals surface area contributed by atoms with Gasteiger partial charge in [0.1, 0.15) is 0 Å².